The molecule has 0 fully saturated rings. The number of halogens is 1. The van der Waals surface area contributed by atoms with E-state index in [1.165, 1.54) is 17.0 Å². The van der Waals surface area contributed by atoms with Crippen LogP contribution in [0.15, 0.2) is 29.2 Å². The number of sulfonamides is 1. The fourth-order valence-corrected chi connectivity index (χ4v) is 3.74. The van der Waals surface area contributed by atoms with Gasteiger partial charge in [-0.25, -0.2) is 8.42 Å². The third kappa shape index (κ3) is 5.05. The molecule has 0 heterocycles. The molecular formula is C14H24ClN2O2S+. The van der Waals surface area contributed by atoms with Crippen LogP contribution in [0.3, 0.4) is 0 Å². The summed E-state index contributed by atoms with van der Waals surface area (Å²) in [5.74, 6) is 0. The van der Waals surface area contributed by atoms with Crippen molar-refractivity contribution in [3.05, 3.63) is 29.3 Å². The molecule has 0 atom stereocenters. The molecule has 0 amide bonds. The first kappa shape index (κ1) is 17.4. The zero-order chi connectivity index (χ0) is 15.4. The second kappa shape index (κ2) is 6.89. The number of quaternary nitrogens is 1. The van der Waals surface area contributed by atoms with E-state index in [0.29, 0.717) is 5.02 Å². The van der Waals surface area contributed by atoms with Gasteiger partial charge in [-0.3, -0.25) is 0 Å². The highest BCUT2D eigenvalue weighted by molar-refractivity contribution is 7.89. The fraction of sp³-hybridized carbons (Fsp3) is 0.571. The summed E-state index contributed by atoms with van der Waals surface area (Å²) in [6, 6.07) is 6.20. The van der Waals surface area contributed by atoms with E-state index in [0.717, 1.165) is 19.6 Å². The number of hydrogen-bond donors (Lipinski definition) is 2. The van der Waals surface area contributed by atoms with E-state index >= 15 is 0 Å². The van der Waals surface area contributed by atoms with Crippen LogP contribution in [0, 0.1) is 0 Å². The van der Waals surface area contributed by atoms with Crippen LogP contribution in [0.4, 0.5) is 0 Å². The smallest absolute Gasteiger partial charge is 0.241 e. The van der Waals surface area contributed by atoms with E-state index in [4.69, 9.17) is 11.6 Å². The van der Waals surface area contributed by atoms with Crippen LogP contribution in [0.1, 0.15) is 27.7 Å². The van der Waals surface area contributed by atoms with E-state index in [1.807, 2.05) is 13.8 Å². The van der Waals surface area contributed by atoms with Gasteiger partial charge < -0.3 is 4.90 Å². The van der Waals surface area contributed by atoms with Gasteiger partial charge in [0.2, 0.25) is 10.0 Å². The van der Waals surface area contributed by atoms with Gasteiger partial charge in [0.15, 0.2) is 0 Å². The molecular weight excluding hydrogens is 296 g/mol. The average Bonchev–Trinajstić information content (AvgIpc) is 2.35. The maximum atomic E-state index is 12.4. The van der Waals surface area contributed by atoms with Crippen LogP contribution in [-0.4, -0.2) is 33.6 Å². The van der Waals surface area contributed by atoms with Crippen molar-refractivity contribution in [2.24, 2.45) is 0 Å². The van der Waals surface area contributed by atoms with Crippen molar-refractivity contribution < 1.29 is 13.3 Å². The number of hydrogen-bond acceptors (Lipinski definition) is 2. The Labute approximate surface area is 127 Å². The van der Waals surface area contributed by atoms with Crippen LogP contribution in [0.5, 0.6) is 0 Å². The molecule has 0 aliphatic carbocycles. The minimum atomic E-state index is -3.52. The molecule has 1 aromatic rings. The Morgan fingerprint density at radius 1 is 1.15 bits per heavy atom. The van der Waals surface area contributed by atoms with Crippen LogP contribution in [0.2, 0.25) is 5.02 Å². The van der Waals surface area contributed by atoms with E-state index in [1.54, 1.807) is 12.1 Å². The summed E-state index contributed by atoms with van der Waals surface area (Å²) in [6.07, 6.45) is 0. The minimum absolute atomic E-state index is 0.240. The molecule has 2 N–H and O–H groups in total. The topological polar surface area (TPSA) is 50.6 Å². The lowest BCUT2D eigenvalue weighted by molar-refractivity contribution is -0.899. The third-order valence-electron chi connectivity index (χ3n) is 3.23. The van der Waals surface area contributed by atoms with E-state index in [9.17, 15) is 8.42 Å². The summed E-state index contributed by atoms with van der Waals surface area (Å²) in [6.45, 7) is 10.7. The van der Waals surface area contributed by atoms with Crippen LogP contribution >= 0.6 is 11.6 Å². The van der Waals surface area contributed by atoms with Crippen molar-refractivity contribution in [3.63, 3.8) is 0 Å². The Morgan fingerprint density at radius 2 is 1.65 bits per heavy atom. The lowest BCUT2D eigenvalue weighted by Gasteiger charge is -2.29. The lowest BCUT2D eigenvalue weighted by atomic mass is 10.1. The Kier molecular flexibility index (Phi) is 6.01. The number of nitrogens with one attached hydrogen (secondary N) is 2. The van der Waals surface area contributed by atoms with Gasteiger partial charge in [-0.2, -0.15) is 4.72 Å². The van der Waals surface area contributed by atoms with Crippen molar-refractivity contribution in [2.45, 2.75) is 38.1 Å². The Bertz CT molecular complexity index is 523. The third-order valence-corrected chi connectivity index (χ3v) is 5.19. The van der Waals surface area contributed by atoms with Crippen LogP contribution in [-0.2, 0) is 10.0 Å². The molecule has 0 aromatic heterocycles. The molecule has 6 heteroatoms. The second-order valence-electron chi connectivity index (χ2n) is 5.58. The van der Waals surface area contributed by atoms with Gasteiger partial charge in [0.05, 0.1) is 30.1 Å². The van der Waals surface area contributed by atoms with Crippen LogP contribution in [0.25, 0.3) is 0 Å². The second-order valence-corrected chi connectivity index (χ2v) is 7.70. The first-order valence-electron chi connectivity index (χ1n) is 6.83. The number of benzene rings is 1. The highest BCUT2D eigenvalue weighted by atomic mass is 35.5. The van der Waals surface area contributed by atoms with Gasteiger partial charge >= 0.3 is 0 Å². The molecule has 0 bridgehead atoms. The molecule has 0 unspecified atom stereocenters. The number of likely N-dealkylation sites (N-methyl/N-ethyl adjacent to an activating group) is 1. The van der Waals surface area contributed by atoms with Gasteiger partial charge in [0.25, 0.3) is 0 Å². The van der Waals surface area contributed by atoms with Gasteiger partial charge in [-0.1, -0.05) is 11.6 Å². The summed E-state index contributed by atoms with van der Waals surface area (Å²) < 4.78 is 27.5. The summed E-state index contributed by atoms with van der Waals surface area (Å²) in [7, 11) is -3.52. The summed E-state index contributed by atoms with van der Waals surface area (Å²) >= 11 is 5.78. The minimum Gasteiger partial charge on any atom is -0.334 e. The predicted octanol–water partition coefficient (Wildman–Crippen LogP) is 1.32. The highest BCUT2D eigenvalue weighted by Gasteiger charge is 2.29. The molecule has 1 rings (SSSR count). The molecule has 0 aliphatic heterocycles. The molecule has 1 aromatic carbocycles. The fourth-order valence-electron chi connectivity index (χ4n) is 2.20. The zero-order valence-corrected chi connectivity index (χ0v) is 14.1. The molecule has 0 aliphatic rings. The van der Waals surface area contributed by atoms with Crippen molar-refractivity contribution in [1.29, 1.82) is 0 Å². The van der Waals surface area contributed by atoms with E-state index in [-0.39, 0.29) is 4.90 Å². The highest BCUT2D eigenvalue weighted by Crippen LogP contribution is 2.15. The molecule has 4 nitrogen and oxygen atoms in total. The van der Waals surface area contributed by atoms with Crippen molar-refractivity contribution in [2.75, 3.05) is 19.6 Å². The van der Waals surface area contributed by atoms with Gasteiger partial charge in [0, 0.05) is 5.02 Å². The predicted molar refractivity (Wildman–Crippen MR) is 82.8 cm³/mol. The summed E-state index contributed by atoms with van der Waals surface area (Å²) in [5.41, 5.74) is -0.500. The lowest BCUT2D eigenvalue weighted by Crippen LogP contribution is -3.13. The van der Waals surface area contributed by atoms with Crippen molar-refractivity contribution >= 4 is 21.6 Å². The summed E-state index contributed by atoms with van der Waals surface area (Å²) in [4.78, 5) is 1.60. The summed E-state index contributed by atoms with van der Waals surface area (Å²) in [5, 5.41) is 0.524. The van der Waals surface area contributed by atoms with Gasteiger partial charge in [-0.05, 0) is 52.0 Å². The maximum Gasteiger partial charge on any atom is 0.241 e. The van der Waals surface area contributed by atoms with Gasteiger partial charge in [0.1, 0.15) is 0 Å². The Hall–Kier alpha value is -0.620. The maximum absolute atomic E-state index is 12.4. The van der Waals surface area contributed by atoms with Crippen LogP contribution < -0.4 is 9.62 Å². The van der Waals surface area contributed by atoms with Gasteiger partial charge in [-0.15, -0.1) is 0 Å². The van der Waals surface area contributed by atoms with Crippen molar-refractivity contribution in [1.82, 2.24) is 4.72 Å². The monoisotopic (exact) mass is 319 g/mol. The molecule has 0 spiro atoms. The average molecular weight is 320 g/mol. The van der Waals surface area contributed by atoms with E-state index in [2.05, 4.69) is 18.6 Å². The Morgan fingerprint density at radius 3 is 2.10 bits per heavy atom. The van der Waals surface area contributed by atoms with Crippen molar-refractivity contribution in [3.8, 4) is 0 Å². The Balaban J connectivity index is 2.86. The molecule has 0 saturated carbocycles. The number of rotatable bonds is 7. The standard InChI is InChI=1S/C14H23ClN2O2S/c1-5-17(6-2)11-14(3,4)16-20(18,19)13-9-7-12(15)8-10-13/h7-10,16H,5-6,11H2,1-4H3/p+1. The molecule has 20 heavy (non-hydrogen) atoms. The molecule has 114 valence electrons. The normalized spacial score (nSPS) is 12.9. The van der Waals surface area contributed by atoms with E-state index < -0.39 is 15.6 Å². The zero-order valence-electron chi connectivity index (χ0n) is 12.5. The molecule has 0 radical (unpaired) electrons. The largest absolute Gasteiger partial charge is 0.334 e. The first-order chi connectivity index (χ1) is 9.20. The first-order valence-corrected chi connectivity index (χ1v) is 8.69. The quantitative estimate of drug-likeness (QED) is 0.796. The molecule has 0 saturated heterocycles. The SMILES string of the molecule is CC[NH+](CC)CC(C)(C)NS(=O)(=O)c1ccc(Cl)cc1.